The van der Waals surface area contributed by atoms with Gasteiger partial charge in [0.05, 0.1) is 0 Å². The minimum absolute atomic E-state index is 0.0435. The number of nitrogens with zero attached hydrogens (tertiary/aromatic N) is 4. The lowest BCUT2D eigenvalue weighted by Crippen LogP contribution is -2.32. The fourth-order valence-electron chi connectivity index (χ4n) is 4.06. The summed E-state index contributed by atoms with van der Waals surface area (Å²) in [4.78, 5) is 20.4. The quantitative estimate of drug-likeness (QED) is 0.277. The molecule has 182 valence electrons. The Hall–Kier alpha value is -3.10. The van der Waals surface area contributed by atoms with Gasteiger partial charge in [0, 0.05) is 45.4 Å². The number of aromatic nitrogens is 4. The van der Waals surface area contributed by atoms with E-state index in [0.29, 0.717) is 24.2 Å². The molecule has 0 aliphatic heterocycles. The van der Waals surface area contributed by atoms with Crippen LogP contribution in [0.3, 0.4) is 0 Å². The normalized spacial score (nSPS) is 11.6. The van der Waals surface area contributed by atoms with Crippen molar-refractivity contribution in [3.05, 3.63) is 65.5 Å². The molecule has 2 aromatic heterocycles. The van der Waals surface area contributed by atoms with Crippen LogP contribution in [0.25, 0.3) is 11.1 Å². The molecule has 0 atom stereocenters. The van der Waals surface area contributed by atoms with Gasteiger partial charge in [-0.1, -0.05) is 63.4 Å². The molecular weight excluding hydrogens is 432 g/mol. The highest BCUT2D eigenvalue weighted by Gasteiger charge is 2.36. The standard InChI is InChI=1S/C26H34N4O4/c1-5-7-8-17-30-22(28-25(29-30)26(33-3,34-4)15-6-2)18-19-11-13-20(14-12-19)21-10-9-16-27-23(21)24(31)32/h9-14,16H,5-8,15,17-18H2,1-4H3,(H,31,32). The van der Waals surface area contributed by atoms with Gasteiger partial charge in [0.25, 0.3) is 0 Å². The Morgan fingerprint density at radius 2 is 1.79 bits per heavy atom. The third-order valence-corrected chi connectivity index (χ3v) is 5.94. The van der Waals surface area contributed by atoms with Crippen molar-refractivity contribution >= 4 is 5.97 Å². The van der Waals surface area contributed by atoms with Gasteiger partial charge < -0.3 is 14.6 Å². The number of hydrogen-bond acceptors (Lipinski definition) is 6. The van der Waals surface area contributed by atoms with Crippen LogP contribution < -0.4 is 0 Å². The van der Waals surface area contributed by atoms with Crippen molar-refractivity contribution in [1.82, 2.24) is 19.7 Å². The molecule has 1 N–H and O–H groups in total. The minimum atomic E-state index is -1.04. The Kier molecular flexibility index (Phi) is 8.90. The number of ether oxygens (including phenoxy) is 2. The van der Waals surface area contributed by atoms with E-state index in [1.54, 1.807) is 26.4 Å². The molecule has 0 fully saturated rings. The number of pyridine rings is 1. The molecule has 34 heavy (non-hydrogen) atoms. The molecule has 0 radical (unpaired) electrons. The summed E-state index contributed by atoms with van der Waals surface area (Å²) in [6, 6.07) is 11.3. The number of benzene rings is 1. The van der Waals surface area contributed by atoms with E-state index in [0.717, 1.165) is 49.2 Å². The molecular formula is C26H34N4O4. The molecule has 0 bridgehead atoms. The number of carboxylic acids is 1. The van der Waals surface area contributed by atoms with Crippen LogP contribution >= 0.6 is 0 Å². The highest BCUT2D eigenvalue weighted by atomic mass is 16.7. The van der Waals surface area contributed by atoms with Crippen LogP contribution in [-0.4, -0.2) is 45.0 Å². The summed E-state index contributed by atoms with van der Waals surface area (Å²) >= 11 is 0. The van der Waals surface area contributed by atoms with Gasteiger partial charge in [-0.25, -0.2) is 19.4 Å². The fraction of sp³-hybridized carbons (Fsp3) is 0.462. The highest BCUT2D eigenvalue weighted by Crippen LogP contribution is 2.30. The lowest BCUT2D eigenvalue weighted by Gasteiger charge is -2.27. The molecule has 0 aliphatic carbocycles. The van der Waals surface area contributed by atoms with Crippen molar-refractivity contribution in [2.45, 2.75) is 64.7 Å². The Balaban J connectivity index is 1.90. The van der Waals surface area contributed by atoms with Crippen LogP contribution in [-0.2, 0) is 28.2 Å². The van der Waals surface area contributed by atoms with Gasteiger partial charge >= 0.3 is 5.97 Å². The Labute approximate surface area is 201 Å². The first-order valence-electron chi connectivity index (χ1n) is 11.8. The monoisotopic (exact) mass is 466 g/mol. The summed E-state index contributed by atoms with van der Waals surface area (Å²) in [5.74, 6) is -0.610. The summed E-state index contributed by atoms with van der Waals surface area (Å²) < 4.78 is 13.4. The molecule has 0 saturated heterocycles. The Morgan fingerprint density at radius 3 is 2.41 bits per heavy atom. The van der Waals surface area contributed by atoms with Crippen molar-refractivity contribution in [2.24, 2.45) is 0 Å². The predicted octanol–water partition coefficient (Wildman–Crippen LogP) is 5.07. The van der Waals surface area contributed by atoms with Crippen LogP contribution in [0, 0.1) is 0 Å². The van der Waals surface area contributed by atoms with Gasteiger partial charge in [0.1, 0.15) is 5.82 Å². The van der Waals surface area contributed by atoms with Gasteiger partial charge in [-0.2, -0.15) is 5.10 Å². The molecule has 3 rings (SSSR count). The van der Waals surface area contributed by atoms with Crippen LogP contribution in [0.5, 0.6) is 0 Å². The van der Waals surface area contributed by atoms with E-state index in [-0.39, 0.29) is 5.69 Å². The third kappa shape index (κ3) is 5.69. The number of hydrogen-bond donors (Lipinski definition) is 1. The zero-order chi connectivity index (χ0) is 24.6. The molecule has 0 unspecified atom stereocenters. The number of rotatable bonds is 13. The number of carboxylic acid groups (broad SMARTS) is 1. The van der Waals surface area contributed by atoms with E-state index >= 15 is 0 Å². The van der Waals surface area contributed by atoms with Crippen LogP contribution in [0.2, 0.25) is 0 Å². The van der Waals surface area contributed by atoms with Crippen molar-refractivity contribution in [2.75, 3.05) is 14.2 Å². The molecule has 8 nitrogen and oxygen atoms in total. The third-order valence-electron chi connectivity index (χ3n) is 5.94. The zero-order valence-electron chi connectivity index (χ0n) is 20.5. The summed E-state index contributed by atoms with van der Waals surface area (Å²) in [7, 11) is 3.25. The van der Waals surface area contributed by atoms with Crippen molar-refractivity contribution in [3.63, 3.8) is 0 Å². The van der Waals surface area contributed by atoms with E-state index < -0.39 is 11.8 Å². The highest BCUT2D eigenvalue weighted by molar-refractivity contribution is 5.93. The van der Waals surface area contributed by atoms with Gasteiger partial charge in [0.15, 0.2) is 5.69 Å². The first-order valence-corrected chi connectivity index (χ1v) is 11.8. The second kappa shape index (κ2) is 11.9. The van der Waals surface area contributed by atoms with Gasteiger partial charge in [0.2, 0.25) is 11.6 Å². The summed E-state index contributed by atoms with van der Waals surface area (Å²) in [6.07, 6.45) is 6.87. The fourth-order valence-corrected chi connectivity index (χ4v) is 4.06. The van der Waals surface area contributed by atoms with E-state index in [1.807, 2.05) is 28.9 Å². The average Bonchev–Trinajstić information content (AvgIpc) is 3.26. The SMILES string of the molecule is CCCCCn1nc(C(CCC)(OC)OC)nc1Cc1ccc(-c2cccnc2C(=O)O)cc1. The minimum Gasteiger partial charge on any atom is -0.476 e. The van der Waals surface area contributed by atoms with Gasteiger partial charge in [-0.3, -0.25) is 0 Å². The van der Waals surface area contributed by atoms with Crippen LogP contribution in [0.1, 0.15) is 73.7 Å². The van der Waals surface area contributed by atoms with Gasteiger partial charge in [-0.05, 0) is 23.6 Å². The van der Waals surface area contributed by atoms with Gasteiger partial charge in [-0.15, -0.1) is 0 Å². The number of aryl methyl sites for hydroxylation is 1. The second-order valence-electron chi connectivity index (χ2n) is 8.27. The maximum absolute atomic E-state index is 11.5. The first-order chi connectivity index (χ1) is 16.5. The molecule has 1 aromatic carbocycles. The van der Waals surface area contributed by atoms with E-state index in [9.17, 15) is 9.90 Å². The number of carbonyl (C=O) groups is 1. The van der Waals surface area contributed by atoms with Crippen LogP contribution in [0.4, 0.5) is 0 Å². The lowest BCUT2D eigenvalue weighted by molar-refractivity contribution is -0.225. The molecule has 0 amide bonds. The Bertz CT molecular complexity index is 1070. The van der Waals surface area contributed by atoms with Crippen molar-refractivity contribution < 1.29 is 19.4 Å². The number of aromatic carboxylic acids is 1. The lowest BCUT2D eigenvalue weighted by atomic mass is 10.0. The van der Waals surface area contributed by atoms with Crippen LogP contribution in [0.15, 0.2) is 42.6 Å². The van der Waals surface area contributed by atoms with Crippen molar-refractivity contribution in [1.29, 1.82) is 0 Å². The molecule has 0 aliphatic rings. The maximum atomic E-state index is 11.5. The number of methoxy groups -OCH3 is 2. The predicted molar refractivity (Wildman–Crippen MR) is 130 cm³/mol. The van der Waals surface area contributed by atoms with E-state index in [1.165, 1.54) is 6.20 Å². The smallest absolute Gasteiger partial charge is 0.355 e. The Morgan fingerprint density at radius 1 is 1.06 bits per heavy atom. The maximum Gasteiger partial charge on any atom is 0.355 e. The molecule has 0 spiro atoms. The zero-order valence-corrected chi connectivity index (χ0v) is 20.5. The molecule has 2 heterocycles. The summed E-state index contributed by atoms with van der Waals surface area (Å²) in [6.45, 7) is 5.03. The molecule has 0 saturated carbocycles. The summed E-state index contributed by atoms with van der Waals surface area (Å²) in [5, 5.41) is 14.2. The average molecular weight is 467 g/mol. The second-order valence-corrected chi connectivity index (χ2v) is 8.27. The number of unbranched alkanes of at least 4 members (excludes halogenated alkanes) is 2. The molecule has 8 heteroatoms. The largest absolute Gasteiger partial charge is 0.476 e. The first kappa shape index (κ1) is 25.5. The van der Waals surface area contributed by atoms with Crippen molar-refractivity contribution in [3.8, 4) is 11.1 Å². The van der Waals surface area contributed by atoms with E-state index in [2.05, 4.69) is 18.8 Å². The molecule has 3 aromatic rings. The topological polar surface area (TPSA) is 99.4 Å². The summed E-state index contributed by atoms with van der Waals surface area (Å²) in [5.41, 5.74) is 2.49. The van der Waals surface area contributed by atoms with E-state index in [4.69, 9.17) is 19.6 Å².